The number of nitrogens with one attached hydrogen (secondary N) is 1. The number of ketones is 1. The van der Waals surface area contributed by atoms with Crippen molar-refractivity contribution >= 4 is 23.3 Å². The van der Waals surface area contributed by atoms with Crippen LogP contribution in [0, 0.1) is 5.82 Å². The summed E-state index contributed by atoms with van der Waals surface area (Å²) in [6.45, 7) is 3.85. The minimum Gasteiger partial charge on any atom is -0.494 e. The summed E-state index contributed by atoms with van der Waals surface area (Å²) in [6.07, 6.45) is -1.15. The van der Waals surface area contributed by atoms with E-state index < -0.39 is 29.7 Å². The number of fused-ring (bicyclic) bond motifs is 1. The van der Waals surface area contributed by atoms with Crippen molar-refractivity contribution in [2.24, 2.45) is 0 Å². The molecule has 1 heterocycles. The number of carbonyl (C=O) groups is 3. The number of anilines is 1. The van der Waals surface area contributed by atoms with Crippen LogP contribution in [0.2, 0.25) is 0 Å². The van der Waals surface area contributed by atoms with Gasteiger partial charge in [-0.25, -0.2) is 4.39 Å². The lowest BCUT2D eigenvalue weighted by atomic mass is 9.90. The van der Waals surface area contributed by atoms with E-state index in [-0.39, 0.29) is 17.9 Å². The number of Topliss-reactive ketones (excluding diaryl/α,β-unsaturated/α-hetero) is 1. The largest absolute Gasteiger partial charge is 0.494 e. The van der Waals surface area contributed by atoms with Crippen molar-refractivity contribution in [1.29, 1.82) is 0 Å². The van der Waals surface area contributed by atoms with Crippen molar-refractivity contribution in [3.05, 3.63) is 59.4 Å². The van der Waals surface area contributed by atoms with E-state index in [1.807, 2.05) is 6.92 Å². The number of carbonyl (C=O) groups excluding carboxylic acids is 3. The van der Waals surface area contributed by atoms with Gasteiger partial charge in [0.15, 0.2) is 6.10 Å². The molecule has 0 spiro atoms. The predicted molar refractivity (Wildman–Crippen MR) is 99.9 cm³/mol. The van der Waals surface area contributed by atoms with Crippen LogP contribution in [0.5, 0.6) is 5.75 Å². The Morgan fingerprint density at radius 2 is 1.93 bits per heavy atom. The molecule has 1 aliphatic heterocycles. The van der Waals surface area contributed by atoms with Crippen LogP contribution < -0.4 is 10.1 Å². The van der Waals surface area contributed by atoms with Crippen molar-refractivity contribution in [3.63, 3.8) is 0 Å². The molecular formula is C21H20FNO5. The standard InChI is InChI=1S/C21H20FNO5/c1-3-27-15-7-4-13(5-8-15)20(25)12(2)28-21(26)17-11-19(24)23-18-10-14(22)6-9-16(17)18/h4-10,12,17H,3,11H2,1-2H3,(H,23,24)/t12-,17+/m1/s1. The van der Waals surface area contributed by atoms with Gasteiger partial charge in [-0.1, -0.05) is 6.07 Å². The predicted octanol–water partition coefficient (Wildman–Crippen LogP) is 3.46. The van der Waals surface area contributed by atoms with Crippen molar-refractivity contribution in [1.82, 2.24) is 0 Å². The zero-order valence-electron chi connectivity index (χ0n) is 15.5. The molecule has 0 bridgehead atoms. The molecule has 0 aliphatic carbocycles. The van der Waals surface area contributed by atoms with Gasteiger partial charge in [0.05, 0.1) is 12.5 Å². The molecule has 146 valence electrons. The molecule has 0 unspecified atom stereocenters. The minimum atomic E-state index is -1.03. The second kappa shape index (κ2) is 8.21. The quantitative estimate of drug-likeness (QED) is 0.608. The van der Waals surface area contributed by atoms with Crippen LogP contribution in [0.25, 0.3) is 0 Å². The fourth-order valence-corrected chi connectivity index (χ4v) is 3.07. The number of halogens is 1. The van der Waals surface area contributed by atoms with Gasteiger partial charge >= 0.3 is 5.97 Å². The summed E-state index contributed by atoms with van der Waals surface area (Å²) in [4.78, 5) is 37.0. The molecule has 0 fully saturated rings. The topological polar surface area (TPSA) is 81.7 Å². The van der Waals surface area contributed by atoms with Crippen LogP contribution >= 0.6 is 0 Å². The lowest BCUT2D eigenvalue weighted by molar-refractivity contribution is -0.149. The third-order valence-corrected chi connectivity index (χ3v) is 4.45. The van der Waals surface area contributed by atoms with Crippen LogP contribution in [-0.2, 0) is 14.3 Å². The highest BCUT2D eigenvalue weighted by Gasteiger charge is 2.34. The molecule has 3 rings (SSSR count). The molecule has 6 nitrogen and oxygen atoms in total. The molecule has 0 radical (unpaired) electrons. The number of rotatable bonds is 6. The zero-order valence-corrected chi connectivity index (χ0v) is 15.5. The van der Waals surface area contributed by atoms with Gasteiger partial charge in [-0.15, -0.1) is 0 Å². The van der Waals surface area contributed by atoms with Gasteiger partial charge in [-0.05, 0) is 55.8 Å². The number of ether oxygens (including phenoxy) is 2. The highest BCUT2D eigenvalue weighted by atomic mass is 19.1. The maximum Gasteiger partial charge on any atom is 0.314 e. The number of esters is 1. The fourth-order valence-electron chi connectivity index (χ4n) is 3.07. The van der Waals surface area contributed by atoms with Crippen molar-refractivity contribution < 1.29 is 28.2 Å². The van der Waals surface area contributed by atoms with Crippen molar-refractivity contribution in [3.8, 4) is 5.75 Å². The maximum absolute atomic E-state index is 13.4. The van der Waals surface area contributed by atoms with Gasteiger partial charge in [0.2, 0.25) is 11.7 Å². The second-order valence-corrected chi connectivity index (χ2v) is 6.44. The molecule has 2 atom stereocenters. The summed E-state index contributed by atoms with van der Waals surface area (Å²) >= 11 is 0. The zero-order chi connectivity index (χ0) is 20.3. The van der Waals surface area contributed by atoms with E-state index in [0.29, 0.717) is 23.5 Å². The van der Waals surface area contributed by atoms with E-state index in [1.165, 1.54) is 19.1 Å². The normalized spacial score (nSPS) is 16.5. The summed E-state index contributed by atoms with van der Waals surface area (Å²) in [7, 11) is 0. The van der Waals surface area contributed by atoms with E-state index in [9.17, 15) is 18.8 Å². The van der Waals surface area contributed by atoms with Crippen LogP contribution in [0.3, 0.4) is 0 Å². The fraction of sp³-hybridized carbons (Fsp3) is 0.286. The summed E-state index contributed by atoms with van der Waals surface area (Å²) in [6, 6.07) is 10.3. The minimum absolute atomic E-state index is 0.124. The molecule has 0 saturated heterocycles. The van der Waals surface area contributed by atoms with E-state index in [0.717, 1.165) is 6.07 Å². The first kappa shape index (κ1) is 19.5. The van der Waals surface area contributed by atoms with Crippen LogP contribution in [-0.4, -0.2) is 30.4 Å². The molecule has 1 N–H and O–H groups in total. The molecule has 0 saturated carbocycles. The SMILES string of the molecule is CCOc1ccc(C(=O)[C@@H](C)OC(=O)[C@H]2CC(=O)Nc3cc(F)ccc32)cc1. The molecule has 28 heavy (non-hydrogen) atoms. The Kier molecular flexibility index (Phi) is 5.73. The van der Waals surface area contributed by atoms with E-state index >= 15 is 0 Å². The summed E-state index contributed by atoms with van der Waals surface area (Å²) in [5, 5.41) is 2.54. The summed E-state index contributed by atoms with van der Waals surface area (Å²) in [5.41, 5.74) is 1.09. The van der Waals surface area contributed by atoms with Crippen molar-refractivity contribution in [2.45, 2.75) is 32.3 Å². The number of hydrogen-bond donors (Lipinski definition) is 1. The number of amides is 1. The molecule has 2 aromatic carbocycles. The van der Waals surface area contributed by atoms with Gasteiger partial charge in [-0.2, -0.15) is 0 Å². The molecule has 7 heteroatoms. The molecule has 2 aromatic rings. The Bertz CT molecular complexity index is 910. The second-order valence-electron chi connectivity index (χ2n) is 6.44. The van der Waals surface area contributed by atoms with Crippen LogP contribution in [0.1, 0.15) is 42.1 Å². The molecule has 1 aliphatic rings. The summed E-state index contributed by atoms with van der Waals surface area (Å²) < 4.78 is 24.1. The van der Waals surface area contributed by atoms with Gasteiger partial charge in [-0.3, -0.25) is 14.4 Å². The van der Waals surface area contributed by atoms with Crippen LogP contribution in [0.15, 0.2) is 42.5 Å². The molecule has 1 amide bonds. The Hall–Kier alpha value is -3.22. The highest BCUT2D eigenvalue weighted by molar-refractivity contribution is 6.02. The third kappa shape index (κ3) is 4.19. The molecular weight excluding hydrogens is 365 g/mol. The van der Waals surface area contributed by atoms with E-state index in [4.69, 9.17) is 9.47 Å². The first-order valence-corrected chi connectivity index (χ1v) is 8.96. The first-order chi connectivity index (χ1) is 13.4. The maximum atomic E-state index is 13.4. The van der Waals surface area contributed by atoms with Crippen LogP contribution in [0.4, 0.5) is 10.1 Å². The number of hydrogen-bond acceptors (Lipinski definition) is 5. The Morgan fingerprint density at radius 3 is 2.61 bits per heavy atom. The lowest BCUT2D eigenvalue weighted by Crippen LogP contribution is -2.32. The Balaban J connectivity index is 1.72. The summed E-state index contributed by atoms with van der Waals surface area (Å²) in [5.74, 6) is -2.25. The Morgan fingerprint density at radius 1 is 1.21 bits per heavy atom. The monoisotopic (exact) mass is 385 g/mol. The number of benzene rings is 2. The van der Waals surface area contributed by atoms with Gasteiger partial charge < -0.3 is 14.8 Å². The lowest BCUT2D eigenvalue weighted by Gasteiger charge is -2.25. The van der Waals surface area contributed by atoms with Gasteiger partial charge in [0.25, 0.3) is 0 Å². The average molecular weight is 385 g/mol. The van der Waals surface area contributed by atoms with Crippen molar-refractivity contribution in [2.75, 3.05) is 11.9 Å². The average Bonchev–Trinajstić information content (AvgIpc) is 2.67. The highest BCUT2D eigenvalue weighted by Crippen LogP contribution is 2.34. The smallest absolute Gasteiger partial charge is 0.314 e. The Labute approximate surface area is 161 Å². The molecule has 0 aromatic heterocycles. The van der Waals surface area contributed by atoms with E-state index in [1.54, 1.807) is 24.3 Å². The van der Waals surface area contributed by atoms with Gasteiger partial charge in [0.1, 0.15) is 11.6 Å². The van der Waals surface area contributed by atoms with Gasteiger partial charge in [0, 0.05) is 17.7 Å². The first-order valence-electron chi connectivity index (χ1n) is 8.96. The third-order valence-electron chi connectivity index (χ3n) is 4.45. The van der Waals surface area contributed by atoms with E-state index in [2.05, 4.69) is 5.32 Å².